The third-order valence-corrected chi connectivity index (χ3v) is 2.71. The van der Waals surface area contributed by atoms with Crippen LogP contribution in [0.15, 0.2) is 12.4 Å². The molecule has 0 amide bonds. The van der Waals surface area contributed by atoms with Crippen molar-refractivity contribution in [2.24, 2.45) is 7.05 Å². The monoisotopic (exact) mass is 219 g/mol. The van der Waals surface area contributed by atoms with Crippen molar-refractivity contribution in [1.82, 2.24) is 20.0 Å². The Morgan fingerprint density at radius 3 is 2.69 bits per heavy atom. The highest BCUT2D eigenvalue weighted by molar-refractivity contribution is 5.52. The minimum absolute atomic E-state index is 0.226. The molecule has 2 aromatic heterocycles. The number of aromatic amines is 1. The first-order valence-corrected chi connectivity index (χ1v) is 5.34. The van der Waals surface area contributed by atoms with Crippen molar-refractivity contribution in [2.75, 3.05) is 5.32 Å². The molecule has 2 N–H and O–H groups in total. The van der Waals surface area contributed by atoms with Gasteiger partial charge < -0.3 is 5.32 Å². The quantitative estimate of drug-likeness (QED) is 0.829. The van der Waals surface area contributed by atoms with Gasteiger partial charge in [0.2, 0.25) is 0 Å². The SMILES string of the molecule is Cc1n[nH]c(C)c1NC(C)c1cnn(C)c1. The van der Waals surface area contributed by atoms with Crippen LogP contribution in [0.2, 0.25) is 0 Å². The Hall–Kier alpha value is -1.78. The third kappa shape index (κ3) is 1.93. The lowest BCUT2D eigenvalue weighted by Gasteiger charge is -2.13. The van der Waals surface area contributed by atoms with Crippen LogP contribution in [0.5, 0.6) is 0 Å². The maximum atomic E-state index is 4.17. The number of aromatic nitrogens is 4. The molecule has 1 unspecified atom stereocenters. The van der Waals surface area contributed by atoms with Gasteiger partial charge in [-0.1, -0.05) is 0 Å². The van der Waals surface area contributed by atoms with Gasteiger partial charge in [0.1, 0.15) is 0 Å². The normalized spacial score (nSPS) is 12.8. The third-order valence-electron chi connectivity index (χ3n) is 2.71. The van der Waals surface area contributed by atoms with Crippen LogP contribution in [0.4, 0.5) is 5.69 Å². The molecular weight excluding hydrogens is 202 g/mol. The van der Waals surface area contributed by atoms with Gasteiger partial charge in [0.25, 0.3) is 0 Å². The van der Waals surface area contributed by atoms with E-state index in [-0.39, 0.29) is 6.04 Å². The first-order chi connectivity index (χ1) is 7.58. The van der Waals surface area contributed by atoms with Gasteiger partial charge in [-0.2, -0.15) is 10.2 Å². The van der Waals surface area contributed by atoms with E-state index >= 15 is 0 Å². The maximum Gasteiger partial charge on any atom is 0.0825 e. The Labute approximate surface area is 94.9 Å². The van der Waals surface area contributed by atoms with E-state index in [0.717, 1.165) is 17.1 Å². The van der Waals surface area contributed by atoms with E-state index in [9.17, 15) is 0 Å². The molecule has 0 aromatic carbocycles. The molecule has 2 rings (SSSR count). The molecule has 0 spiro atoms. The number of rotatable bonds is 3. The second-order valence-electron chi connectivity index (χ2n) is 4.12. The largest absolute Gasteiger partial charge is 0.375 e. The summed E-state index contributed by atoms with van der Waals surface area (Å²) in [6.45, 7) is 6.11. The molecule has 2 aromatic rings. The molecule has 1 atom stereocenters. The molecule has 0 aliphatic heterocycles. The summed E-state index contributed by atoms with van der Waals surface area (Å²) in [7, 11) is 1.92. The van der Waals surface area contributed by atoms with Gasteiger partial charge in [-0.05, 0) is 20.8 Å². The van der Waals surface area contributed by atoms with Gasteiger partial charge in [-0.25, -0.2) is 0 Å². The minimum atomic E-state index is 0.226. The van der Waals surface area contributed by atoms with Crippen LogP contribution < -0.4 is 5.32 Å². The van der Waals surface area contributed by atoms with Crippen LogP contribution in [0.25, 0.3) is 0 Å². The minimum Gasteiger partial charge on any atom is -0.375 e. The Kier molecular flexibility index (Phi) is 2.68. The molecule has 0 saturated heterocycles. The standard InChI is InChI=1S/C11H17N5/c1-7(10-5-12-16(4)6-10)13-11-8(2)14-15-9(11)3/h5-7,13H,1-4H3,(H,14,15). The number of nitrogens with one attached hydrogen (secondary N) is 2. The summed E-state index contributed by atoms with van der Waals surface area (Å²) < 4.78 is 1.81. The van der Waals surface area contributed by atoms with E-state index in [1.807, 2.05) is 38.0 Å². The van der Waals surface area contributed by atoms with Crippen molar-refractivity contribution in [3.8, 4) is 0 Å². The molecule has 0 bridgehead atoms. The van der Waals surface area contributed by atoms with Crippen molar-refractivity contribution >= 4 is 5.69 Å². The Morgan fingerprint density at radius 1 is 1.44 bits per heavy atom. The van der Waals surface area contributed by atoms with Crippen molar-refractivity contribution in [1.29, 1.82) is 0 Å². The van der Waals surface area contributed by atoms with Gasteiger partial charge >= 0.3 is 0 Å². The molecule has 0 radical (unpaired) electrons. The summed E-state index contributed by atoms with van der Waals surface area (Å²) in [5.74, 6) is 0. The van der Waals surface area contributed by atoms with Crippen LogP contribution in [0.1, 0.15) is 29.9 Å². The summed E-state index contributed by atoms with van der Waals surface area (Å²) in [5, 5.41) is 14.7. The number of aryl methyl sites for hydroxylation is 3. The summed E-state index contributed by atoms with van der Waals surface area (Å²) in [6.07, 6.45) is 3.89. The van der Waals surface area contributed by atoms with Crippen LogP contribution >= 0.6 is 0 Å². The molecule has 2 heterocycles. The Balaban J connectivity index is 2.16. The lowest BCUT2D eigenvalue weighted by atomic mass is 10.2. The van der Waals surface area contributed by atoms with Crippen LogP contribution in [-0.2, 0) is 7.05 Å². The molecule has 86 valence electrons. The summed E-state index contributed by atoms with van der Waals surface area (Å²) in [6, 6.07) is 0.226. The summed E-state index contributed by atoms with van der Waals surface area (Å²) >= 11 is 0. The first kappa shape index (κ1) is 10.7. The van der Waals surface area contributed by atoms with Crippen LogP contribution in [-0.4, -0.2) is 20.0 Å². The Morgan fingerprint density at radius 2 is 2.19 bits per heavy atom. The lowest BCUT2D eigenvalue weighted by Crippen LogP contribution is -2.07. The average molecular weight is 219 g/mol. The van der Waals surface area contributed by atoms with E-state index in [2.05, 4.69) is 27.5 Å². The smallest absolute Gasteiger partial charge is 0.0825 e. The lowest BCUT2D eigenvalue weighted by molar-refractivity contribution is 0.765. The molecule has 0 aliphatic carbocycles. The zero-order chi connectivity index (χ0) is 11.7. The fourth-order valence-electron chi connectivity index (χ4n) is 1.73. The fraction of sp³-hybridized carbons (Fsp3) is 0.455. The zero-order valence-corrected chi connectivity index (χ0v) is 10.1. The van der Waals surface area contributed by atoms with Gasteiger partial charge in [0.05, 0.1) is 29.3 Å². The number of H-pyrrole nitrogens is 1. The second kappa shape index (κ2) is 4.00. The molecule has 16 heavy (non-hydrogen) atoms. The molecular formula is C11H17N5. The van der Waals surface area contributed by atoms with Crippen molar-refractivity contribution in [2.45, 2.75) is 26.8 Å². The van der Waals surface area contributed by atoms with E-state index in [1.165, 1.54) is 5.56 Å². The van der Waals surface area contributed by atoms with Crippen molar-refractivity contribution in [3.05, 3.63) is 29.3 Å². The second-order valence-corrected chi connectivity index (χ2v) is 4.12. The molecule has 5 nitrogen and oxygen atoms in total. The van der Waals surface area contributed by atoms with Gasteiger partial charge in [-0.15, -0.1) is 0 Å². The maximum absolute atomic E-state index is 4.17. The topological polar surface area (TPSA) is 58.5 Å². The van der Waals surface area contributed by atoms with Gasteiger partial charge in [0, 0.05) is 18.8 Å². The predicted molar refractivity (Wildman–Crippen MR) is 63.3 cm³/mol. The van der Waals surface area contributed by atoms with E-state index < -0.39 is 0 Å². The van der Waals surface area contributed by atoms with E-state index in [0.29, 0.717) is 0 Å². The predicted octanol–water partition coefficient (Wildman–Crippen LogP) is 1.93. The molecule has 5 heteroatoms. The number of hydrogen-bond donors (Lipinski definition) is 2. The number of anilines is 1. The molecule has 0 aliphatic rings. The first-order valence-electron chi connectivity index (χ1n) is 5.34. The fourth-order valence-corrected chi connectivity index (χ4v) is 1.73. The highest BCUT2D eigenvalue weighted by Crippen LogP contribution is 2.22. The number of nitrogens with zero attached hydrogens (tertiary/aromatic N) is 3. The van der Waals surface area contributed by atoms with E-state index in [4.69, 9.17) is 0 Å². The van der Waals surface area contributed by atoms with Crippen molar-refractivity contribution in [3.63, 3.8) is 0 Å². The van der Waals surface area contributed by atoms with Crippen molar-refractivity contribution < 1.29 is 0 Å². The highest BCUT2D eigenvalue weighted by atomic mass is 15.2. The summed E-state index contributed by atoms with van der Waals surface area (Å²) in [5.41, 5.74) is 4.31. The molecule has 0 saturated carbocycles. The van der Waals surface area contributed by atoms with E-state index in [1.54, 1.807) is 0 Å². The van der Waals surface area contributed by atoms with Gasteiger partial charge in [-0.3, -0.25) is 9.78 Å². The average Bonchev–Trinajstić information content (AvgIpc) is 2.79. The Bertz CT molecular complexity index is 463. The summed E-state index contributed by atoms with van der Waals surface area (Å²) in [4.78, 5) is 0. The van der Waals surface area contributed by atoms with Crippen LogP contribution in [0, 0.1) is 13.8 Å². The van der Waals surface area contributed by atoms with Crippen LogP contribution in [0.3, 0.4) is 0 Å². The number of hydrogen-bond acceptors (Lipinski definition) is 3. The molecule has 0 fully saturated rings. The van der Waals surface area contributed by atoms with Gasteiger partial charge in [0.15, 0.2) is 0 Å². The highest BCUT2D eigenvalue weighted by Gasteiger charge is 2.12. The zero-order valence-electron chi connectivity index (χ0n) is 10.1.